The molecule has 8 nitrogen and oxygen atoms in total. The molecule has 2 amide bonds. The van der Waals surface area contributed by atoms with Crippen molar-refractivity contribution in [2.24, 2.45) is 0 Å². The highest BCUT2D eigenvalue weighted by Gasteiger charge is 2.30. The summed E-state index contributed by atoms with van der Waals surface area (Å²) >= 11 is 0. The third-order valence-electron chi connectivity index (χ3n) is 7.45. The molecule has 0 aromatic heterocycles. The first kappa shape index (κ1) is 28.2. The summed E-state index contributed by atoms with van der Waals surface area (Å²) in [5.74, 6) is 1.06. The number of likely N-dealkylation sites (tertiary alicyclic amines) is 1. The van der Waals surface area contributed by atoms with Gasteiger partial charge >= 0.3 is 0 Å². The van der Waals surface area contributed by atoms with Crippen molar-refractivity contribution >= 4 is 40.1 Å². The quantitative estimate of drug-likeness (QED) is 0.305. The van der Waals surface area contributed by atoms with Crippen LogP contribution >= 0.6 is 0 Å². The van der Waals surface area contributed by atoms with Gasteiger partial charge in [0.1, 0.15) is 0 Å². The lowest BCUT2D eigenvalue weighted by Crippen LogP contribution is -2.40. The Labute approximate surface area is 241 Å². The summed E-state index contributed by atoms with van der Waals surface area (Å²) in [6.07, 6.45) is 3.55. The number of hydrogen-bond acceptors (Lipinski definition) is 6. The molecule has 0 aliphatic carbocycles. The highest BCUT2D eigenvalue weighted by atomic mass is 16.5. The lowest BCUT2D eigenvalue weighted by atomic mass is 9.99. The molecular weight excluding hydrogens is 516 g/mol. The number of nitrogens with zero attached hydrogens (tertiary/aromatic N) is 2. The number of fused-ring (bicyclic) bond motifs is 1. The number of piperidine rings is 1. The van der Waals surface area contributed by atoms with E-state index in [2.05, 4.69) is 15.5 Å². The van der Waals surface area contributed by atoms with Crippen molar-refractivity contribution in [3.63, 3.8) is 0 Å². The molecular formula is C33H38N4O4. The molecule has 3 aromatic carbocycles. The maximum absolute atomic E-state index is 13.4. The Bertz CT molecular complexity index is 1410. The average Bonchev–Trinajstić information content (AvgIpc) is 3.31. The largest absolute Gasteiger partial charge is 0.490 e. The predicted molar refractivity (Wildman–Crippen MR) is 164 cm³/mol. The number of nitrogens with one attached hydrogen (secondary N) is 2. The van der Waals surface area contributed by atoms with E-state index in [9.17, 15) is 9.59 Å². The normalized spacial score (nSPS) is 16.0. The van der Waals surface area contributed by atoms with Gasteiger partial charge in [0.2, 0.25) is 5.91 Å². The van der Waals surface area contributed by atoms with Crippen molar-refractivity contribution in [1.82, 2.24) is 4.90 Å². The van der Waals surface area contributed by atoms with Crippen molar-refractivity contribution in [2.75, 3.05) is 55.4 Å². The van der Waals surface area contributed by atoms with E-state index in [1.54, 1.807) is 4.90 Å². The third kappa shape index (κ3) is 6.38. The molecule has 5 rings (SSSR count). The van der Waals surface area contributed by atoms with Gasteiger partial charge < -0.3 is 25.0 Å². The van der Waals surface area contributed by atoms with Crippen LogP contribution in [0.2, 0.25) is 0 Å². The number of ether oxygens (including phenoxy) is 2. The molecule has 2 heterocycles. The Morgan fingerprint density at radius 2 is 1.59 bits per heavy atom. The molecule has 8 heteroatoms. The van der Waals surface area contributed by atoms with Gasteiger partial charge in [-0.15, -0.1) is 0 Å². The van der Waals surface area contributed by atoms with Crippen LogP contribution in [0.5, 0.6) is 11.5 Å². The lowest BCUT2D eigenvalue weighted by molar-refractivity contribution is -0.119. The van der Waals surface area contributed by atoms with E-state index in [4.69, 9.17) is 9.47 Å². The topological polar surface area (TPSA) is 83.1 Å². The van der Waals surface area contributed by atoms with Crippen LogP contribution in [-0.2, 0) is 9.59 Å². The van der Waals surface area contributed by atoms with E-state index in [1.807, 2.05) is 87.6 Å². The second-order valence-corrected chi connectivity index (χ2v) is 10.2. The fourth-order valence-electron chi connectivity index (χ4n) is 5.32. The number of hydrogen-bond donors (Lipinski definition) is 2. The fraction of sp³-hybridized carbons (Fsp3) is 0.333. The van der Waals surface area contributed by atoms with Gasteiger partial charge in [-0.1, -0.05) is 36.8 Å². The Hall–Kier alpha value is -4.30. The molecule has 0 radical (unpaired) electrons. The van der Waals surface area contributed by atoms with Crippen LogP contribution in [0.1, 0.15) is 44.2 Å². The number of benzene rings is 3. The van der Waals surface area contributed by atoms with Crippen LogP contribution in [0.25, 0.3) is 11.3 Å². The molecule has 0 unspecified atom stereocenters. The summed E-state index contributed by atoms with van der Waals surface area (Å²) < 4.78 is 11.6. The summed E-state index contributed by atoms with van der Waals surface area (Å²) in [5.41, 5.74) is 5.11. The van der Waals surface area contributed by atoms with E-state index in [-0.39, 0.29) is 11.8 Å². The van der Waals surface area contributed by atoms with E-state index in [0.717, 1.165) is 48.4 Å². The summed E-state index contributed by atoms with van der Waals surface area (Å²) in [7, 11) is 1.82. The van der Waals surface area contributed by atoms with Crippen molar-refractivity contribution in [1.29, 1.82) is 0 Å². The van der Waals surface area contributed by atoms with Crippen LogP contribution in [0.3, 0.4) is 0 Å². The molecule has 0 bridgehead atoms. The van der Waals surface area contributed by atoms with Crippen molar-refractivity contribution in [3.8, 4) is 11.5 Å². The molecule has 214 valence electrons. The lowest BCUT2D eigenvalue weighted by Gasteiger charge is -2.28. The SMILES string of the molecule is CCOc1cc2c(cc1OCC)/C(=C(/Nc1ccc(N(C)C(=O)CN3CCCCC3)cc1)c1ccccc1)C(=O)N2. The maximum atomic E-state index is 13.4. The summed E-state index contributed by atoms with van der Waals surface area (Å²) in [6, 6.07) is 21.2. The van der Waals surface area contributed by atoms with Gasteiger partial charge in [-0.25, -0.2) is 0 Å². The maximum Gasteiger partial charge on any atom is 0.258 e. The Balaban J connectivity index is 1.45. The zero-order chi connectivity index (χ0) is 28.8. The molecule has 1 saturated heterocycles. The summed E-state index contributed by atoms with van der Waals surface area (Å²) in [4.78, 5) is 30.3. The van der Waals surface area contributed by atoms with Crippen LogP contribution in [-0.4, -0.2) is 56.6 Å². The molecule has 2 aliphatic heterocycles. The smallest absolute Gasteiger partial charge is 0.258 e. The monoisotopic (exact) mass is 554 g/mol. The van der Waals surface area contributed by atoms with Crippen molar-refractivity contribution in [2.45, 2.75) is 33.1 Å². The highest BCUT2D eigenvalue weighted by molar-refractivity contribution is 6.37. The number of carbonyl (C=O) groups excluding carboxylic acids is 2. The number of carbonyl (C=O) groups is 2. The van der Waals surface area contributed by atoms with Gasteiger partial charge in [0.15, 0.2) is 11.5 Å². The van der Waals surface area contributed by atoms with Crippen LogP contribution < -0.4 is 25.0 Å². The van der Waals surface area contributed by atoms with E-state index in [0.29, 0.717) is 48.2 Å². The van der Waals surface area contributed by atoms with E-state index >= 15 is 0 Å². The minimum Gasteiger partial charge on any atom is -0.490 e. The van der Waals surface area contributed by atoms with Crippen LogP contribution in [0.15, 0.2) is 66.7 Å². The van der Waals surface area contributed by atoms with Crippen LogP contribution in [0.4, 0.5) is 17.1 Å². The molecule has 1 fully saturated rings. The number of amides is 2. The van der Waals surface area contributed by atoms with E-state index < -0.39 is 0 Å². The zero-order valence-corrected chi connectivity index (χ0v) is 24.0. The first-order valence-corrected chi connectivity index (χ1v) is 14.4. The van der Waals surface area contributed by atoms with Gasteiger partial charge in [0, 0.05) is 30.1 Å². The second-order valence-electron chi connectivity index (χ2n) is 10.2. The third-order valence-corrected chi connectivity index (χ3v) is 7.45. The Morgan fingerprint density at radius 1 is 0.927 bits per heavy atom. The Morgan fingerprint density at radius 3 is 2.24 bits per heavy atom. The van der Waals surface area contributed by atoms with Gasteiger partial charge in [0.25, 0.3) is 5.91 Å². The molecule has 41 heavy (non-hydrogen) atoms. The average molecular weight is 555 g/mol. The van der Waals surface area contributed by atoms with Crippen LogP contribution in [0, 0.1) is 0 Å². The fourth-order valence-corrected chi connectivity index (χ4v) is 5.32. The molecule has 0 atom stereocenters. The second kappa shape index (κ2) is 12.9. The summed E-state index contributed by atoms with van der Waals surface area (Å²) in [5, 5.41) is 6.50. The zero-order valence-electron chi connectivity index (χ0n) is 24.0. The number of anilines is 3. The van der Waals surface area contributed by atoms with Crippen molar-refractivity contribution in [3.05, 3.63) is 77.9 Å². The molecule has 0 spiro atoms. The summed E-state index contributed by atoms with van der Waals surface area (Å²) in [6.45, 7) is 7.19. The van der Waals surface area contributed by atoms with Gasteiger partial charge in [0.05, 0.1) is 36.7 Å². The van der Waals surface area contributed by atoms with E-state index in [1.165, 1.54) is 6.42 Å². The molecule has 3 aromatic rings. The first-order chi connectivity index (χ1) is 20.0. The van der Waals surface area contributed by atoms with Gasteiger partial charge in [-0.2, -0.15) is 0 Å². The van der Waals surface area contributed by atoms with Gasteiger partial charge in [-0.05, 0) is 75.7 Å². The highest BCUT2D eigenvalue weighted by Crippen LogP contribution is 2.43. The standard InChI is InChI=1S/C33H38N4O4/c1-4-40-28-20-26-27(21-29(28)41-5-2)35-33(39)31(26)32(23-12-8-6-9-13-23)34-24-14-16-25(17-15-24)36(3)30(38)22-37-18-10-7-11-19-37/h6,8-9,12-17,20-21,34H,4-5,7,10-11,18-19,22H2,1-3H3,(H,35,39)/b32-31-. The molecule has 0 saturated carbocycles. The minimum atomic E-state index is -0.206. The van der Waals surface area contributed by atoms with Gasteiger partial charge in [-0.3, -0.25) is 14.5 Å². The minimum absolute atomic E-state index is 0.0791. The number of likely N-dealkylation sites (N-methyl/N-ethyl adjacent to an activating group) is 1. The molecule has 2 N–H and O–H groups in total. The predicted octanol–water partition coefficient (Wildman–Crippen LogP) is 5.87. The Kier molecular flexibility index (Phi) is 8.89. The first-order valence-electron chi connectivity index (χ1n) is 14.4. The molecule has 2 aliphatic rings. The number of rotatable bonds is 10. The van der Waals surface area contributed by atoms with Crippen molar-refractivity contribution < 1.29 is 19.1 Å².